The van der Waals surface area contributed by atoms with Gasteiger partial charge < -0.3 is 19.7 Å². The predicted molar refractivity (Wildman–Crippen MR) is 115 cm³/mol. The van der Waals surface area contributed by atoms with E-state index in [1.165, 1.54) is 0 Å². The first-order valence-corrected chi connectivity index (χ1v) is 9.97. The Morgan fingerprint density at radius 1 is 1.20 bits per heavy atom. The van der Waals surface area contributed by atoms with E-state index in [-0.39, 0.29) is 11.3 Å². The van der Waals surface area contributed by atoms with E-state index >= 15 is 0 Å². The second kappa shape index (κ2) is 7.71. The molecule has 154 valence electrons. The molecular formula is C24H24N2O4. The number of hydrogen-bond acceptors (Lipinski definition) is 4. The van der Waals surface area contributed by atoms with Crippen LogP contribution in [0.5, 0.6) is 5.75 Å². The zero-order valence-corrected chi connectivity index (χ0v) is 17.2. The Hall–Kier alpha value is -3.54. The Kier molecular flexibility index (Phi) is 5.08. The molecule has 0 radical (unpaired) electrons. The van der Waals surface area contributed by atoms with Gasteiger partial charge in [0.2, 0.25) is 0 Å². The van der Waals surface area contributed by atoms with Gasteiger partial charge >= 0.3 is 0 Å². The summed E-state index contributed by atoms with van der Waals surface area (Å²) in [5.41, 5.74) is 3.13. The average Bonchev–Trinajstić information content (AvgIpc) is 3.28. The number of aromatic nitrogens is 1. The summed E-state index contributed by atoms with van der Waals surface area (Å²) in [6, 6.07) is 12.3. The lowest BCUT2D eigenvalue weighted by Gasteiger charge is -2.24. The highest BCUT2D eigenvalue weighted by atomic mass is 16.5. The number of H-pyrrole nitrogens is 1. The van der Waals surface area contributed by atoms with Crippen LogP contribution in [0.3, 0.4) is 0 Å². The number of nitrogens with zero attached hydrogens (tertiary/aromatic N) is 1. The number of hydrogen-bond donors (Lipinski definition) is 2. The third-order valence-corrected chi connectivity index (χ3v) is 5.59. The third kappa shape index (κ3) is 3.05. The molecule has 30 heavy (non-hydrogen) atoms. The Morgan fingerprint density at radius 2 is 1.97 bits per heavy atom. The van der Waals surface area contributed by atoms with E-state index in [0.29, 0.717) is 24.3 Å². The fraction of sp³-hybridized carbons (Fsp3) is 0.250. The van der Waals surface area contributed by atoms with Crippen molar-refractivity contribution >= 4 is 28.4 Å². The van der Waals surface area contributed by atoms with Crippen molar-refractivity contribution in [2.45, 2.75) is 26.3 Å². The number of carbonyl (C=O) groups is 2. The summed E-state index contributed by atoms with van der Waals surface area (Å²) in [7, 11) is 1.58. The molecule has 2 heterocycles. The standard InChI is InChI=1S/C24H24N2O4/c1-4-11-26-21(17-13-25-18-8-6-5-7-16(17)18)20(23(28)24(26)29)22(27)15-9-10-19(30-3)14(2)12-15/h5-10,12-13,21,25,27H,4,11H2,1-3H3/b22-20+. The van der Waals surface area contributed by atoms with Crippen molar-refractivity contribution in [3.8, 4) is 5.75 Å². The largest absolute Gasteiger partial charge is 0.507 e. The van der Waals surface area contributed by atoms with Gasteiger partial charge in [-0.2, -0.15) is 0 Å². The minimum Gasteiger partial charge on any atom is -0.507 e. The number of aliphatic hydroxyl groups excluding tert-OH is 1. The molecule has 0 saturated carbocycles. The lowest BCUT2D eigenvalue weighted by atomic mass is 9.94. The SMILES string of the molecule is CCCN1C(=O)C(=O)/C(=C(/O)c2ccc(OC)c(C)c2)C1c1c[nH]c2ccccc12. The van der Waals surface area contributed by atoms with Crippen LogP contribution in [-0.4, -0.2) is 40.3 Å². The van der Waals surface area contributed by atoms with E-state index in [1.54, 1.807) is 30.2 Å². The van der Waals surface area contributed by atoms with Crippen LogP contribution in [-0.2, 0) is 9.59 Å². The van der Waals surface area contributed by atoms with Gasteiger partial charge in [-0.3, -0.25) is 9.59 Å². The number of aromatic amines is 1. The monoisotopic (exact) mass is 404 g/mol. The van der Waals surface area contributed by atoms with Gasteiger partial charge in [-0.1, -0.05) is 25.1 Å². The smallest absolute Gasteiger partial charge is 0.295 e. The number of nitrogens with one attached hydrogen (secondary N) is 1. The Morgan fingerprint density at radius 3 is 2.67 bits per heavy atom. The molecule has 1 aromatic heterocycles. The second-order valence-electron chi connectivity index (χ2n) is 7.47. The summed E-state index contributed by atoms with van der Waals surface area (Å²) in [6.07, 6.45) is 2.52. The average molecular weight is 404 g/mol. The van der Waals surface area contributed by atoms with Crippen LogP contribution in [0.25, 0.3) is 16.7 Å². The Labute approximate surface area is 174 Å². The Balaban J connectivity index is 1.93. The molecule has 1 atom stereocenters. The zero-order chi connectivity index (χ0) is 21.4. The third-order valence-electron chi connectivity index (χ3n) is 5.59. The van der Waals surface area contributed by atoms with Crippen LogP contribution in [0.15, 0.2) is 54.2 Å². The summed E-state index contributed by atoms with van der Waals surface area (Å²) < 4.78 is 5.29. The molecule has 1 unspecified atom stereocenters. The van der Waals surface area contributed by atoms with Gasteiger partial charge in [0.05, 0.1) is 18.7 Å². The maximum Gasteiger partial charge on any atom is 0.295 e. The molecule has 1 aliphatic heterocycles. The van der Waals surface area contributed by atoms with E-state index in [1.807, 2.05) is 44.3 Å². The molecule has 0 spiro atoms. The van der Waals surface area contributed by atoms with Gasteiger partial charge in [0, 0.05) is 34.8 Å². The topological polar surface area (TPSA) is 82.6 Å². The number of likely N-dealkylation sites (tertiary alicyclic amines) is 1. The summed E-state index contributed by atoms with van der Waals surface area (Å²) in [6.45, 7) is 4.24. The number of Topliss-reactive ketones (excluding diaryl/α,β-unsaturated/α-hetero) is 1. The van der Waals surface area contributed by atoms with Gasteiger partial charge in [0.15, 0.2) is 0 Å². The molecule has 0 bridgehead atoms. The summed E-state index contributed by atoms with van der Waals surface area (Å²) in [5, 5.41) is 12.1. The van der Waals surface area contributed by atoms with E-state index < -0.39 is 17.7 Å². The zero-order valence-electron chi connectivity index (χ0n) is 17.2. The number of para-hydroxylation sites is 1. The van der Waals surface area contributed by atoms with Crippen molar-refractivity contribution in [3.63, 3.8) is 0 Å². The lowest BCUT2D eigenvalue weighted by Crippen LogP contribution is -2.30. The molecule has 0 aliphatic carbocycles. The molecule has 4 rings (SSSR count). The number of rotatable bonds is 5. The number of carbonyl (C=O) groups excluding carboxylic acids is 2. The van der Waals surface area contributed by atoms with Crippen LogP contribution in [0.4, 0.5) is 0 Å². The van der Waals surface area contributed by atoms with Gasteiger partial charge in [-0.05, 0) is 43.2 Å². The minimum atomic E-state index is -0.662. The van der Waals surface area contributed by atoms with E-state index in [2.05, 4.69) is 4.98 Å². The van der Waals surface area contributed by atoms with Gasteiger partial charge in [-0.15, -0.1) is 0 Å². The normalized spacial score (nSPS) is 18.4. The second-order valence-corrected chi connectivity index (χ2v) is 7.47. The van der Waals surface area contributed by atoms with Crippen molar-refractivity contribution in [3.05, 3.63) is 70.9 Å². The molecule has 6 nitrogen and oxygen atoms in total. The van der Waals surface area contributed by atoms with Crippen LogP contribution < -0.4 is 4.74 Å². The fourth-order valence-electron chi connectivity index (χ4n) is 4.18. The maximum absolute atomic E-state index is 13.0. The molecule has 6 heteroatoms. The van der Waals surface area contributed by atoms with Crippen molar-refractivity contribution in [2.75, 3.05) is 13.7 Å². The number of fused-ring (bicyclic) bond motifs is 1. The van der Waals surface area contributed by atoms with Crippen LogP contribution >= 0.6 is 0 Å². The van der Waals surface area contributed by atoms with E-state index in [9.17, 15) is 14.7 Å². The molecular weight excluding hydrogens is 380 g/mol. The molecule has 1 fully saturated rings. The minimum absolute atomic E-state index is 0.114. The lowest BCUT2D eigenvalue weighted by molar-refractivity contribution is -0.139. The van der Waals surface area contributed by atoms with Crippen molar-refractivity contribution in [2.24, 2.45) is 0 Å². The van der Waals surface area contributed by atoms with Crippen LogP contribution in [0.1, 0.15) is 36.1 Å². The highest BCUT2D eigenvalue weighted by Crippen LogP contribution is 2.42. The quantitative estimate of drug-likeness (QED) is 0.377. The van der Waals surface area contributed by atoms with Crippen molar-refractivity contribution in [1.29, 1.82) is 0 Å². The van der Waals surface area contributed by atoms with Gasteiger partial charge in [-0.25, -0.2) is 0 Å². The number of benzene rings is 2. The number of aliphatic hydroxyl groups is 1. The molecule has 1 amide bonds. The predicted octanol–water partition coefficient (Wildman–Crippen LogP) is 4.32. The molecule has 1 saturated heterocycles. The van der Waals surface area contributed by atoms with Gasteiger partial charge in [0.1, 0.15) is 11.5 Å². The number of methoxy groups -OCH3 is 1. The molecule has 2 N–H and O–H groups in total. The van der Waals surface area contributed by atoms with Crippen molar-refractivity contribution < 1.29 is 19.4 Å². The highest BCUT2D eigenvalue weighted by Gasteiger charge is 2.46. The number of ether oxygens (including phenoxy) is 1. The van der Waals surface area contributed by atoms with E-state index in [0.717, 1.165) is 22.0 Å². The summed E-state index contributed by atoms with van der Waals surface area (Å²) in [5.74, 6) is -0.734. The molecule has 1 aliphatic rings. The number of ketones is 1. The summed E-state index contributed by atoms with van der Waals surface area (Å²) >= 11 is 0. The van der Waals surface area contributed by atoms with Crippen LogP contribution in [0.2, 0.25) is 0 Å². The Bertz CT molecular complexity index is 1170. The van der Waals surface area contributed by atoms with Crippen molar-refractivity contribution in [1.82, 2.24) is 9.88 Å². The van der Waals surface area contributed by atoms with Gasteiger partial charge in [0.25, 0.3) is 11.7 Å². The molecule has 2 aromatic carbocycles. The highest BCUT2D eigenvalue weighted by molar-refractivity contribution is 6.46. The number of aryl methyl sites for hydroxylation is 1. The maximum atomic E-state index is 13.0. The summed E-state index contributed by atoms with van der Waals surface area (Å²) in [4.78, 5) is 30.6. The first kappa shape index (κ1) is 19.8. The van der Waals surface area contributed by atoms with Crippen LogP contribution in [0, 0.1) is 6.92 Å². The fourth-order valence-corrected chi connectivity index (χ4v) is 4.18. The molecule has 3 aromatic rings. The van der Waals surface area contributed by atoms with E-state index in [4.69, 9.17) is 4.74 Å². The number of amides is 1. The first-order valence-electron chi connectivity index (χ1n) is 9.97. The first-order chi connectivity index (χ1) is 14.5.